The third-order valence-electron chi connectivity index (χ3n) is 3.04. The normalized spacial score (nSPS) is 9.81. The van der Waals surface area contributed by atoms with Gasteiger partial charge in [0.2, 0.25) is 5.91 Å². The Kier molecular flexibility index (Phi) is 5.56. The zero-order valence-electron chi connectivity index (χ0n) is 12.0. The molecule has 1 heterocycles. The van der Waals surface area contributed by atoms with Gasteiger partial charge in [0, 0.05) is 19.2 Å². The van der Waals surface area contributed by atoms with E-state index in [4.69, 9.17) is 5.73 Å². The van der Waals surface area contributed by atoms with Crippen LogP contribution in [0.15, 0.2) is 41.1 Å². The fourth-order valence-electron chi connectivity index (χ4n) is 1.97. The van der Waals surface area contributed by atoms with Gasteiger partial charge in [-0.25, -0.2) is 0 Å². The van der Waals surface area contributed by atoms with Crippen LogP contribution in [0.25, 0.3) is 0 Å². The van der Waals surface area contributed by atoms with E-state index in [1.807, 2.05) is 48.1 Å². The molecular formula is C17H18N2OS. The molecular weight excluding hydrogens is 280 g/mol. The summed E-state index contributed by atoms with van der Waals surface area (Å²) < 4.78 is 0. The summed E-state index contributed by atoms with van der Waals surface area (Å²) in [4.78, 5) is 13.9. The molecule has 0 spiro atoms. The maximum absolute atomic E-state index is 12.2. The van der Waals surface area contributed by atoms with Gasteiger partial charge in [0.25, 0.3) is 0 Å². The van der Waals surface area contributed by atoms with Gasteiger partial charge in [0.05, 0.1) is 13.0 Å². The number of benzene rings is 1. The Morgan fingerprint density at radius 1 is 1.33 bits per heavy atom. The average molecular weight is 298 g/mol. The van der Waals surface area contributed by atoms with E-state index in [1.165, 1.54) is 0 Å². The first kappa shape index (κ1) is 15.3. The number of hydrogen-bond donors (Lipinski definition) is 1. The molecule has 3 nitrogen and oxygen atoms in total. The highest BCUT2D eigenvalue weighted by atomic mass is 32.1. The summed E-state index contributed by atoms with van der Waals surface area (Å²) in [5.74, 6) is 5.96. The van der Waals surface area contributed by atoms with Crippen LogP contribution in [0.5, 0.6) is 0 Å². The van der Waals surface area contributed by atoms with Crippen LogP contribution in [-0.4, -0.2) is 24.4 Å². The minimum atomic E-state index is 0.117. The smallest absolute Gasteiger partial charge is 0.227 e. The average Bonchev–Trinajstić information content (AvgIpc) is 2.98. The molecule has 2 N–H and O–H groups in total. The van der Waals surface area contributed by atoms with Gasteiger partial charge in [-0.3, -0.25) is 4.79 Å². The van der Waals surface area contributed by atoms with E-state index in [9.17, 15) is 4.79 Å². The van der Waals surface area contributed by atoms with Crippen LogP contribution >= 0.6 is 11.3 Å². The first-order valence-electron chi connectivity index (χ1n) is 6.72. The molecule has 0 aliphatic heterocycles. The number of carbonyl (C=O) groups is 1. The summed E-state index contributed by atoms with van der Waals surface area (Å²) in [5.41, 5.74) is 8.44. The molecule has 0 aliphatic carbocycles. The molecule has 0 radical (unpaired) electrons. The molecule has 1 aromatic carbocycles. The van der Waals surface area contributed by atoms with Crippen molar-refractivity contribution in [1.82, 2.24) is 4.90 Å². The second kappa shape index (κ2) is 7.63. The number of likely N-dealkylation sites (N-methyl/N-ethyl adjacent to an activating group) is 1. The highest BCUT2D eigenvalue weighted by Crippen LogP contribution is 2.11. The highest BCUT2D eigenvalue weighted by Gasteiger charge is 2.10. The maximum Gasteiger partial charge on any atom is 0.227 e. The van der Waals surface area contributed by atoms with Gasteiger partial charge in [0.15, 0.2) is 0 Å². The first-order valence-corrected chi connectivity index (χ1v) is 7.66. The van der Waals surface area contributed by atoms with Crippen LogP contribution in [-0.2, 0) is 17.8 Å². The minimum absolute atomic E-state index is 0.117. The molecule has 0 saturated carbocycles. The molecule has 108 valence electrons. The Labute approximate surface area is 129 Å². The third-order valence-corrected chi connectivity index (χ3v) is 3.77. The van der Waals surface area contributed by atoms with Crippen molar-refractivity contribution in [2.45, 2.75) is 13.0 Å². The lowest BCUT2D eigenvalue weighted by Crippen LogP contribution is -2.27. The zero-order valence-corrected chi connectivity index (χ0v) is 12.8. The van der Waals surface area contributed by atoms with Gasteiger partial charge in [0.1, 0.15) is 0 Å². The lowest BCUT2D eigenvalue weighted by Gasteiger charge is -2.17. The number of rotatable bonds is 4. The lowest BCUT2D eigenvalue weighted by molar-refractivity contribution is -0.129. The molecule has 0 atom stereocenters. The fraction of sp³-hybridized carbons (Fsp3) is 0.235. The summed E-state index contributed by atoms with van der Waals surface area (Å²) in [5, 5.41) is 4.00. The molecule has 4 heteroatoms. The van der Waals surface area contributed by atoms with Crippen LogP contribution in [0.3, 0.4) is 0 Å². The van der Waals surface area contributed by atoms with Gasteiger partial charge in [-0.2, -0.15) is 11.3 Å². The lowest BCUT2D eigenvalue weighted by atomic mass is 10.1. The Balaban J connectivity index is 1.98. The monoisotopic (exact) mass is 298 g/mol. The largest absolute Gasteiger partial charge is 0.341 e. The van der Waals surface area contributed by atoms with Crippen molar-refractivity contribution in [3.8, 4) is 11.8 Å². The molecule has 2 aromatic rings. The van der Waals surface area contributed by atoms with Crippen molar-refractivity contribution in [3.63, 3.8) is 0 Å². The molecule has 1 aromatic heterocycles. The predicted octanol–water partition coefficient (Wildman–Crippen LogP) is 2.26. The van der Waals surface area contributed by atoms with Gasteiger partial charge < -0.3 is 10.6 Å². The first-order chi connectivity index (χ1) is 10.2. The summed E-state index contributed by atoms with van der Waals surface area (Å²) in [6.07, 6.45) is 0.451. The number of hydrogen-bond acceptors (Lipinski definition) is 3. The highest BCUT2D eigenvalue weighted by molar-refractivity contribution is 7.07. The second-order valence-electron chi connectivity index (χ2n) is 4.76. The number of carbonyl (C=O) groups excluding carboxylic acids is 1. The predicted molar refractivity (Wildman–Crippen MR) is 86.9 cm³/mol. The number of thiophene rings is 1. The second-order valence-corrected chi connectivity index (χ2v) is 5.54. The standard InChI is InChI=1S/C17H18N2OS/c1-19(17(20)11-16-7-9-21-13-16)12-15-5-2-4-14(10-15)6-3-8-18/h2,4-5,7,9-10,13H,8,11-12,18H2,1H3. The third kappa shape index (κ3) is 4.75. The molecule has 1 amide bonds. The van der Waals surface area contributed by atoms with Gasteiger partial charge in [-0.1, -0.05) is 24.0 Å². The van der Waals surface area contributed by atoms with E-state index in [0.29, 0.717) is 19.5 Å². The van der Waals surface area contributed by atoms with Crippen molar-refractivity contribution in [3.05, 3.63) is 57.8 Å². The summed E-state index contributed by atoms with van der Waals surface area (Å²) >= 11 is 1.61. The quantitative estimate of drug-likeness (QED) is 0.880. The molecule has 21 heavy (non-hydrogen) atoms. The van der Waals surface area contributed by atoms with Crippen LogP contribution in [0.1, 0.15) is 16.7 Å². The fourth-order valence-corrected chi connectivity index (χ4v) is 2.63. The van der Waals surface area contributed by atoms with Gasteiger partial charge >= 0.3 is 0 Å². The molecule has 0 fully saturated rings. The Morgan fingerprint density at radius 2 is 2.19 bits per heavy atom. The number of nitrogens with two attached hydrogens (primary N) is 1. The van der Waals surface area contributed by atoms with E-state index in [2.05, 4.69) is 11.8 Å². The van der Waals surface area contributed by atoms with E-state index >= 15 is 0 Å². The van der Waals surface area contributed by atoms with Crippen molar-refractivity contribution in [2.24, 2.45) is 5.73 Å². The van der Waals surface area contributed by atoms with E-state index in [-0.39, 0.29) is 5.91 Å². The van der Waals surface area contributed by atoms with Crippen LogP contribution in [0.4, 0.5) is 0 Å². The van der Waals surface area contributed by atoms with E-state index in [1.54, 1.807) is 16.2 Å². The molecule has 0 unspecified atom stereocenters. The van der Waals surface area contributed by atoms with Gasteiger partial charge in [-0.05, 0) is 40.1 Å². The summed E-state index contributed by atoms with van der Waals surface area (Å²) in [6.45, 7) is 0.935. The maximum atomic E-state index is 12.2. The van der Waals surface area contributed by atoms with Crippen LogP contribution < -0.4 is 5.73 Å². The SMILES string of the molecule is CN(Cc1cccc(C#CCN)c1)C(=O)Cc1ccsc1. The summed E-state index contributed by atoms with van der Waals surface area (Å²) in [7, 11) is 1.83. The topological polar surface area (TPSA) is 46.3 Å². The molecule has 2 rings (SSSR count). The number of amides is 1. The van der Waals surface area contributed by atoms with Crippen molar-refractivity contribution < 1.29 is 4.79 Å². The van der Waals surface area contributed by atoms with Crippen molar-refractivity contribution in [2.75, 3.05) is 13.6 Å². The zero-order chi connectivity index (χ0) is 15.1. The molecule has 0 saturated heterocycles. The Bertz CT molecular complexity index is 653. The van der Waals surface area contributed by atoms with E-state index in [0.717, 1.165) is 16.7 Å². The van der Waals surface area contributed by atoms with Gasteiger partial charge in [-0.15, -0.1) is 0 Å². The Morgan fingerprint density at radius 3 is 2.90 bits per heavy atom. The molecule has 0 bridgehead atoms. The van der Waals surface area contributed by atoms with Crippen molar-refractivity contribution in [1.29, 1.82) is 0 Å². The Hall–Kier alpha value is -2.09. The van der Waals surface area contributed by atoms with Crippen LogP contribution in [0.2, 0.25) is 0 Å². The van der Waals surface area contributed by atoms with E-state index < -0.39 is 0 Å². The number of nitrogens with zero attached hydrogens (tertiary/aromatic N) is 1. The van der Waals surface area contributed by atoms with Crippen LogP contribution in [0, 0.1) is 11.8 Å². The molecule has 0 aliphatic rings. The minimum Gasteiger partial charge on any atom is -0.341 e. The summed E-state index contributed by atoms with van der Waals surface area (Å²) in [6, 6.07) is 9.88. The van der Waals surface area contributed by atoms with Crippen molar-refractivity contribution >= 4 is 17.2 Å².